The molecule has 2 N–H and O–H groups in total. The zero-order valence-electron chi connectivity index (χ0n) is 10.4. The highest BCUT2D eigenvalue weighted by Gasteiger charge is 2.39. The van der Waals surface area contributed by atoms with Crippen LogP contribution in [0, 0.1) is 0 Å². The summed E-state index contributed by atoms with van der Waals surface area (Å²) in [5.41, 5.74) is -0.0448. The molecule has 0 fully saturated rings. The minimum atomic E-state index is -5.09. The topological polar surface area (TPSA) is 79.3 Å². The summed E-state index contributed by atoms with van der Waals surface area (Å²) in [6, 6.07) is 5.99. The molecule has 116 valence electrons. The summed E-state index contributed by atoms with van der Waals surface area (Å²) >= 11 is 6.34. The van der Waals surface area contributed by atoms with Crippen molar-refractivity contribution in [1.29, 1.82) is 0 Å². The van der Waals surface area contributed by atoms with E-state index >= 15 is 0 Å². The number of benzene rings is 1. The van der Waals surface area contributed by atoms with E-state index < -0.39 is 28.9 Å². The maximum absolute atomic E-state index is 12.2. The molecule has 1 heterocycles. The van der Waals surface area contributed by atoms with Crippen molar-refractivity contribution in [2.45, 2.75) is 6.18 Å². The molecular weight excluding hydrogens is 345 g/mol. The van der Waals surface area contributed by atoms with Gasteiger partial charge in [0.25, 0.3) is 0 Å². The molecule has 0 aliphatic carbocycles. The number of nitrogens with zero attached hydrogens (tertiary/aromatic N) is 1. The lowest BCUT2D eigenvalue weighted by atomic mass is 10.1. The van der Waals surface area contributed by atoms with E-state index in [9.17, 15) is 22.8 Å². The summed E-state index contributed by atoms with van der Waals surface area (Å²) in [5.74, 6) is -3.64. The van der Waals surface area contributed by atoms with Gasteiger partial charge in [0, 0.05) is 5.02 Å². The number of anilines is 1. The molecule has 0 radical (unpaired) electrons. The molecule has 0 atom stereocenters. The van der Waals surface area contributed by atoms with E-state index in [0.717, 1.165) is 0 Å². The van der Waals surface area contributed by atoms with Gasteiger partial charge in [0.15, 0.2) is 10.8 Å². The molecule has 2 aromatic rings. The number of carboxylic acids is 1. The van der Waals surface area contributed by atoms with E-state index in [0.29, 0.717) is 21.9 Å². The second-order valence-corrected chi connectivity index (χ2v) is 5.40. The summed E-state index contributed by atoms with van der Waals surface area (Å²) in [7, 11) is 0. The fraction of sp³-hybridized carbons (Fsp3) is 0.0833. The van der Waals surface area contributed by atoms with Gasteiger partial charge in [-0.3, -0.25) is 10.1 Å². The summed E-state index contributed by atoms with van der Waals surface area (Å²) in [6.45, 7) is 0. The molecule has 0 aliphatic rings. The van der Waals surface area contributed by atoms with Crippen LogP contribution in [0.3, 0.4) is 0 Å². The molecule has 0 aliphatic heterocycles. The molecule has 10 heteroatoms. The molecule has 2 rings (SSSR count). The average molecular weight is 351 g/mol. The largest absolute Gasteiger partial charge is 0.476 e. The van der Waals surface area contributed by atoms with Crippen LogP contribution >= 0.6 is 22.9 Å². The summed E-state index contributed by atoms with van der Waals surface area (Å²) in [6.07, 6.45) is -5.09. The Labute approximate surface area is 130 Å². The van der Waals surface area contributed by atoms with Gasteiger partial charge in [0.1, 0.15) is 0 Å². The van der Waals surface area contributed by atoms with Crippen LogP contribution in [0.15, 0.2) is 24.3 Å². The van der Waals surface area contributed by atoms with Gasteiger partial charge in [0.05, 0.1) is 4.88 Å². The quantitative estimate of drug-likeness (QED) is 0.885. The average Bonchev–Trinajstić information content (AvgIpc) is 2.82. The first-order chi connectivity index (χ1) is 10.2. The van der Waals surface area contributed by atoms with Gasteiger partial charge in [-0.05, 0) is 17.7 Å². The van der Waals surface area contributed by atoms with Crippen molar-refractivity contribution in [2.75, 3.05) is 5.32 Å². The maximum atomic E-state index is 12.2. The molecule has 1 aromatic carbocycles. The first kappa shape index (κ1) is 16.2. The second-order valence-electron chi connectivity index (χ2n) is 3.96. The first-order valence-corrected chi connectivity index (χ1v) is 6.76. The van der Waals surface area contributed by atoms with Gasteiger partial charge in [0.2, 0.25) is 0 Å². The Morgan fingerprint density at radius 2 is 1.82 bits per heavy atom. The molecule has 0 saturated carbocycles. The molecule has 22 heavy (non-hydrogen) atoms. The normalized spacial score (nSPS) is 11.3. The first-order valence-electron chi connectivity index (χ1n) is 5.56. The van der Waals surface area contributed by atoms with E-state index in [1.807, 2.05) is 0 Å². The third kappa shape index (κ3) is 3.55. The van der Waals surface area contributed by atoms with E-state index in [-0.39, 0.29) is 4.88 Å². The van der Waals surface area contributed by atoms with Crippen molar-refractivity contribution in [2.24, 2.45) is 0 Å². The highest BCUT2D eigenvalue weighted by molar-refractivity contribution is 7.19. The number of amides is 1. The Morgan fingerprint density at radius 1 is 1.23 bits per heavy atom. The van der Waals surface area contributed by atoms with Gasteiger partial charge >= 0.3 is 18.1 Å². The third-order valence-electron chi connectivity index (χ3n) is 2.41. The number of aromatic nitrogens is 1. The van der Waals surface area contributed by atoms with Gasteiger partial charge in [-0.15, -0.1) is 0 Å². The fourth-order valence-electron chi connectivity index (χ4n) is 1.48. The van der Waals surface area contributed by atoms with Gasteiger partial charge in [-0.25, -0.2) is 9.78 Å². The van der Waals surface area contributed by atoms with Crippen LogP contribution in [0.2, 0.25) is 5.02 Å². The fourth-order valence-corrected chi connectivity index (χ4v) is 2.57. The maximum Gasteiger partial charge on any atom is 0.471 e. The lowest BCUT2D eigenvalue weighted by molar-refractivity contribution is -0.167. The van der Waals surface area contributed by atoms with Crippen LogP contribution in [-0.4, -0.2) is 28.1 Å². The Balaban J connectivity index is 2.40. The van der Waals surface area contributed by atoms with E-state index in [4.69, 9.17) is 16.7 Å². The number of carbonyl (C=O) groups is 2. The van der Waals surface area contributed by atoms with Crippen molar-refractivity contribution in [3.05, 3.63) is 35.0 Å². The van der Waals surface area contributed by atoms with Crippen LogP contribution in [0.4, 0.5) is 18.3 Å². The predicted octanol–water partition coefficient (Wildman–Crippen LogP) is 3.66. The SMILES string of the molecule is O=C(O)c1nc(NC(=O)C(F)(F)F)sc1-c1ccc(Cl)cc1. The van der Waals surface area contributed by atoms with Gasteiger partial charge < -0.3 is 5.11 Å². The molecule has 1 aromatic heterocycles. The summed E-state index contributed by atoms with van der Waals surface area (Å²) < 4.78 is 36.6. The molecule has 5 nitrogen and oxygen atoms in total. The van der Waals surface area contributed by atoms with Crippen molar-refractivity contribution in [3.8, 4) is 10.4 Å². The van der Waals surface area contributed by atoms with Crippen LogP contribution in [0.5, 0.6) is 0 Å². The Morgan fingerprint density at radius 3 is 2.32 bits per heavy atom. The van der Waals surface area contributed by atoms with Crippen molar-refractivity contribution in [3.63, 3.8) is 0 Å². The molecule has 0 spiro atoms. The lowest BCUT2D eigenvalue weighted by Gasteiger charge is -2.04. The number of thiazole rings is 1. The summed E-state index contributed by atoms with van der Waals surface area (Å²) in [5, 5.41) is 10.6. The predicted molar refractivity (Wildman–Crippen MR) is 74.2 cm³/mol. The van der Waals surface area contributed by atoms with Crippen LogP contribution in [0.25, 0.3) is 10.4 Å². The molecule has 0 bridgehead atoms. The lowest BCUT2D eigenvalue weighted by Crippen LogP contribution is -2.29. The second kappa shape index (κ2) is 5.93. The van der Waals surface area contributed by atoms with Crippen molar-refractivity contribution < 1.29 is 27.9 Å². The van der Waals surface area contributed by atoms with Crippen molar-refractivity contribution >= 4 is 39.9 Å². The molecule has 0 unspecified atom stereocenters. The third-order valence-corrected chi connectivity index (χ3v) is 3.69. The minimum Gasteiger partial charge on any atom is -0.476 e. The number of hydrogen-bond acceptors (Lipinski definition) is 4. The smallest absolute Gasteiger partial charge is 0.471 e. The zero-order valence-corrected chi connectivity index (χ0v) is 12.0. The number of alkyl halides is 3. The number of halogens is 4. The van der Waals surface area contributed by atoms with Crippen LogP contribution < -0.4 is 5.32 Å². The standard InChI is InChI=1S/C12H6ClF3N2O3S/c13-6-3-1-5(2-4-6)8-7(9(19)20)17-11(22-8)18-10(21)12(14,15)16/h1-4H,(H,19,20)(H,17,18,21). The van der Waals surface area contributed by atoms with E-state index in [1.165, 1.54) is 29.6 Å². The molecular formula is C12H6ClF3N2O3S. The van der Waals surface area contributed by atoms with E-state index in [1.54, 1.807) is 0 Å². The van der Waals surface area contributed by atoms with Gasteiger partial charge in [-0.2, -0.15) is 13.2 Å². The highest BCUT2D eigenvalue weighted by atomic mass is 35.5. The van der Waals surface area contributed by atoms with Gasteiger partial charge in [-0.1, -0.05) is 35.1 Å². The molecule has 1 amide bonds. The Hall–Kier alpha value is -2.13. The van der Waals surface area contributed by atoms with E-state index in [2.05, 4.69) is 4.98 Å². The number of hydrogen-bond donors (Lipinski definition) is 2. The molecule has 0 saturated heterocycles. The van der Waals surface area contributed by atoms with Crippen LogP contribution in [-0.2, 0) is 4.79 Å². The number of nitrogens with one attached hydrogen (secondary N) is 1. The van der Waals surface area contributed by atoms with Crippen molar-refractivity contribution in [1.82, 2.24) is 4.98 Å². The number of carbonyl (C=O) groups excluding carboxylic acids is 1. The minimum absolute atomic E-state index is 0.113. The summed E-state index contributed by atoms with van der Waals surface area (Å²) in [4.78, 5) is 25.6. The van der Waals surface area contributed by atoms with Crippen LogP contribution in [0.1, 0.15) is 10.5 Å². The monoisotopic (exact) mass is 350 g/mol. The number of carboxylic acid groups (broad SMARTS) is 1. The highest BCUT2D eigenvalue weighted by Crippen LogP contribution is 2.34. The number of rotatable bonds is 3. The Bertz CT molecular complexity index is 728. The zero-order chi connectivity index (χ0) is 16.5. The number of aromatic carboxylic acids is 1. The Kier molecular flexibility index (Phi) is 4.38.